The standard InChI is InChI=1S/C9H12ClN3O.C2H6/c1-11-7(10)5-8(12-2)13-9(14)6-3-4-6;1-2/h5-6H,1,3-4H2,2H3,(H,12,13,14);1-2H3/b7-5-;. The highest BCUT2D eigenvalue weighted by Gasteiger charge is 2.29. The highest BCUT2D eigenvalue weighted by molar-refractivity contribution is 6.31. The molecule has 1 amide bonds. The highest BCUT2D eigenvalue weighted by Crippen LogP contribution is 2.28. The minimum atomic E-state index is -0.00428. The van der Waals surface area contributed by atoms with Crippen LogP contribution in [0.5, 0.6) is 0 Å². The third kappa shape index (κ3) is 5.66. The molecule has 1 aliphatic carbocycles. The van der Waals surface area contributed by atoms with Crippen molar-refractivity contribution in [3.8, 4) is 0 Å². The number of nitrogens with one attached hydrogen (secondary N) is 1. The molecule has 0 saturated heterocycles. The molecule has 5 heteroatoms. The Kier molecular flexibility index (Phi) is 7.46. The van der Waals surface area contributed by atoms with Gasteiger partial charge in [0.1, 0.15) is 11.0 Å². The van der Waals surface area contributed by atoms with E-state index in [-0.39, 0.29) is 17.0 Å². The second-order valence-electron chi connectivity index (χ2n) is 3.00. The number of carbonyl (C=O) groups excluding carboxylic acids is 1. The number of amides is 1. The minimum absolute atomic E-state index is 0.00428. The first kappa shape index (κ1) is 14.8. The average molecular weight is 244 g/mol. The fraction of sp³-hybridized carbons (Fsp3) is 0.545. The van der Waals surface area contributed by atoms with Crippen molar-refractivity contribution < 1.29 is 4.79 Å². The zero-order chi connectivity index (χ0) is 12.6. The Bertz CT molecular complexity index is 306. The van der Waals surface area contributed by atoms with Crippen molar-refractivity contribution in [1.29, 1.82) is 0 Å². The van der Waals surface area contributed by atoms with Crippen molar-refractivity contribution in [1.82, 2.24) is 5.32 Å². The number of hydrogen-bond donors (Lipinski definition) is 1. The zero-order valence-corrected chi connectivity index (χ0v) is 10.7. The molecular formula is C11H18ClN3O. The number of amidine groups is 1. The number of carbonyl (C=O) groups is 1. The Morgan fingerprint density at radius 2 is 2.06 bits per heavy atom. The first-order valence-electron chi connectivity index (χ1n) is 5.29. The summed E-state index contributed by atoms with van der Waals surface area (Å²) in [4.78, 5) is 18.7. The third-order valence-corrected chi connectivity index (χ3v) is 2.08. The van der Waals surface area contributed by atoms with Crippen LogP contribution in [0.3, 0.4) is 0 Å². The lowest BCUT2D eigenvalue weighted by atomic mass is 10.4. The molecule has 0 radical (unpaired) electrons. The first-order valence-corrected chi connectivity index (χ1v) is 5.66. The Labute approximate surface area is 102 Å². The van der Waals surface area contributed by atoms with Gasteiger partial charge in [-0.25, -0.2) is 0 Å². The zero-order valence-electron chi connectivity index (χ0n) is 9.96. The number of hydrogen-bond acceptors (Lipinski definition) is 3. The molecular weight excluding hydrogens is 226 g/mol. The first-order chi connectivity index (χ1) is 7.67. The Morgan fingerprint density at radius 1 is 1.50 bits per heavy atom. The van der Waals surface area contributed by atoms with Gasteiger partial charge in [-0.1, -0.05) is 25.4 Å². The smallest absolute Gasteiger partial charge is 0.228 e. The minimum Gasteiger partial charge on any atom is -0.311 e. The Hall–Kier alpha value is -1.16. The average Bonchev–Trinajstić information content (AvgIpc) is 3.14. The van der Waals surface area contributed by atoms with E-state index in [4.69, 9.17) is 11.6 Å². The van der Waals surface area contributed by atoms with Gasteiger partial charge in [0.15, 0.2) is 0 Å². The molecule has 0 atom stereocenters. The molecule has 0 bridgehead atoms. The molecule has 1 saturated carbocycles. The quantitative estimate of drug-likeness (QED) is 0.462. The van der Waals surface area contributed by atoms with Gasteiger partial charge in [0.25, 0.3) is 0 Å². The van der Waals surface area contributed by atoms with Crippen LogP contribution in [0.1, 0.15) is 26.7 Å². The van der Waals surface area contributed by atoms with Crippen LogP contribution < -0.4 is 5.32 Å². The molecule has 16 heavy (non-hydrogen) atoms. The summed E-state index contributed by atoms with van der Waals surface area (Å²) in [6.45, 7) is 7.26. The van der Waals surface area contributed by atoms with Crippen LogP contribution in [0.2, 0.25) is 0 Å². The van der Waals surface area contributed by atoms with E-state index in [1.165, 1.54) is 6.08 Å². The summed E-state index contributed by atoms with van der Waals surface area (Å²) in [6.07, 6.45) is 3.38. The van der Waals surface area contributed by atoms with Crippen molar-refractivity contribution in [2.75, 3.05) is 7.05 Å². The molecule has 0 aromatic heterocycles. The molecule has 0 spiro atoms. The molecule has 0 unspecified atom stereocenters. The topological polar surface area (TPSA) is 53.8 Å². The molecule has 1 N–H and O–H groups in total. The van der Waals surface area contributed by atoms with Crippen LogP contribution in [0.4, 0.5) is 0 Å². The number of aliphatic imine (C=N–C) groups is 2. The summed E-state index contributed by atoms with van der Waals surface area (Å²) in [5, 5.41) is 2.87. The normalized spacial score (nSPS) is 16.0. The van der Waals surface area contributed by atoms with E-state index in [0.717, 1.165) is 12.8 Å². The predicted octanol–water partition coefficient (Wildman–Crippen LogP) is 2.35. The number of rotatable bonds is 3. The lowest BCUT2D eigenvalue weighted by molar-refractivity contribution is -0.120. The monoisotopic (exact) mass is 243 g/mol. The summed E-state index contributed by atoms with van der Waals surface area (Å²) in [7, 11) is 1.58. The van der Waals surface area contributed by atoms with E-state index in [0.29, 0.717) is 5.84 Å². The van der Waals surface area contributed by atoms with E-state index in [2.05, 4.69) is 22.0 Å². The van der Waals surface area contributed by atoms with Crippen LogP contribution in [0, 0.1) is 5.92 Å². The number of halogens is 1. The van der Waals surface area contributed by atoms with E-state index in [1.54, 1.807) is 7.05 Å². The fourth-order valence-electron chi connectivity index (χ4n) is 0.889. The molecule has 90 valence electrons. The molecule has 0 aromatic rings. The predicted molar refractivity (Wildman–Crippen MR) is 69.1 cm³/mol. The van der Waals surface area contributed by atoms with Crippen molar-refractivity contribution in [3.05, 3.63) is 11.2 Å². The van der Waals surface area contributed by atoms with Crippen molar-refractivity contribution in [3.63, 3.8) is 0 Å². The maximum atomic E-state index is 11.3. The second-order valence-corrected chi connectivity index (χ2v) is 3.38. The van der Waals surface area contributed by atoms with Crippen LogP contribution in [0.15, 0.2) is 21.2 Å². The van der Waals surface area contributed by atoms with Gasteiger partial charge in [0.05, 0.1) is 0 Å². The Balaban J connectivity index is 0.00000106. The van der Waals surface area contributed by atoms with Gasteiger partial charge < -0.3 is 5.32 Å². The maximum Gasteiger partial charge on any atom is 0.228 e. The third-order valence-electron chi connectivity index (χ3n) is 1.85. The second kappa shape index (κ2) is 8.05. The largest absolute Gasteiger partial charge is 0.311 e. The molecule has 4 nitrogen and oxygen atoms in total. The maximum absolute atomic E-state index is 11.3. The highest BCUT2D eigenvalue weighted by atomic mass is 35.5. The molecule has 0 aliphatic heterocycles. The summed E-state index contributed by atoms with van der Waals surface area (Å²) in [5.41, 5.74) is 0. The van der Waals surface area contributed by atoms with E-state index in [1.807, 2.05) is 13.8 Å². The van der Waals surface area contributed by atoms with Gasteiger partial charge in [-0.15, -0.1) is 0 Å². The summed E-state index contributed by atoms with van der Waals surface area (Å²) >= 11 is 5.62. The van der Waals surface area contributed by atoms with Crippen LogP contribution in [-0.4, -0.2) is 25.5 Å². The van der Waals surface area contributed by atoms with E-state index in [9.17, 15) is 4.79 Å². The van der Waals surface area contributed by atoms with E-state index >= 15 is 0 Å². The summed E-state index contributed by atoms with van der Waals surface area (Å²) in [5.74, 6) is 0.560. The molecule has 1 rings (SSSR count). The Morgan fingerprint density at radius 3 is 2.44 bits per heavy atom. The van der Waals surface area contributed by atoms with Gasteiger partial charge in [-0.3, -0.25) is 14.8 Å². The summed E-state index contributed by atoms with van der Waals surface area (Å²) in [6, 6.07) is 0. The SMILES string of the molecule is C=N/C(Cl)=C\C(=NC)NC(=O)C1CC1.CC. The van der Waals surface area contributed by atoms with Gasteiger partial charge in [-0.05, 0) is 19.6 Å². The van der Waals surface area contributed by atoms with Crippen LogP contribution in [-0.2, 0) is 4.79 Å². The van der Waals surface area contributed by atoms with Crippen molar-refractivity contribution in [2.45, 2.75) is 26.7 Å². The summed E-state index contributed by atoms with van der Waals surface area (Å²) < 4.78 is 0. The van der Waals surface area contributed by atoms with Crippen LogP contribution >= 0.6 is 11.6 Å². The van der Waals surface area contributed by atoms with Crippen LogP contribution in [0.25, 0.3) is 0 Å². The van der Waals surface area contributed by atoms with Gasteiger partial charge in [0.2, 0.25) is 5.91 Å². The lowest BCUT2D eigenvalue weighted by Crippen LogP contribution is -2.30. The van der Waals surface area contributed by atoms with Crippen molar-refractivity contribution >= 4 is 30.1 Å². The lowest BCUT2D eigenvalue weighted by Gasteiger charge is -2.02. The van der Waals surface area contributed by atoms with Crippen molar-refractivity contribution in [2.24, 2.45) is 15.9 Å². The molecule has 1 fully saturated rings. The molecule has 1 aliphatic rings. The fourth-order valence-corrected chi connectivity index (χ4v) is 0.992. The number of nitrogens with zero attached hydrogens (tertiary/aromatic N) is 2. The van der Waals surface area contributed by atoms with Gasteiger partial charge >= 0.3 is 0 Å². The van der Waals surface area contributed by atoms with Gasteiger partial charge in [0, 0.05) is 19.0 Å². The molecule has 0 aromatic carbocycles. The van der Waals surface area contributed by atoms with E-state index < -0.39 is 0 Å². The van der Waals surface area contributed by atoms with Gasteiger partial charge in [-0.2, -0.15) is 0 Å². The molecule has 0 heterocycles.